The quantitative estimate of drug-likeness (QED) is 0.417. The van der Waals surface area contributed by atoms with Crippen LogP contribution < -0.4 is 16.0 Å². The summed E-state index contributed by atoms with van der Waals surface area (Å²) in [5.41, 5.74) is 4.60. The Labute approximate surface area is 109 Å². The van der Waals surface area contributed by atoms with Crippen LogP contribution in [-0.2, 0) is 10.0 Å². The van der Waals surface area contributed by atoms with Crippen molar-refractivity contribution in [3.05, 3.63) is 23.3 Å². The second-order valence-electron chi connectivity index (χ2n) is 4.33. The van der Waals surface area contributed by atoms with Crippen molar-refractivity contribution in [2.24, 2.45) is 5.84 Å². The maximum Gasteiger partial charge on any atom is 0.241 e. The van der Waals surface area contributed by atoms with E-state index in [-0.39, 0.29) is 0 Å². The highest BCUT2D eigenvalue weighted by Crippen LogP contribution is 2.23. The zero-order valence-electron chi connectivity index (χ0n) is 11.1. The first-order chi connectivity index (χ1) is 8.42. The van der Waals surface area contributed by atoms with Crippen LogP contribution in [0.25, 0.3) is 0 Å². The van der Waals surface area contributed by atoms with Crippen molar-refractivity contribution in [3.63, 3.8) is 0 Å². The average Bonchev–Trinajstić information content (AvgIpc) is 2.27. The molecule has 102 valence electrons. The van der Waals surface area contributed by atoms with E-state index in [0.717, 1.165) is 12.8 Å². The standard InChI is InChI=1S/C12H21N3O2S/c1-4-5-6-14-18(16,17)12-9(2)7-11(15-13)8-10(12)3/h7-8,14-15H,4-6,13H2,1-3H3. The molecule has 0 aliphatic carbocycles. The first-order valence-electron chi connectivity index (χ1n) is 6.00. The number of hydrogen-bond acceptors (Lipinski definition) is 4. The largest absolute Gasteiger partial charge is 0.324 e. The van der Waals surface area contributed by atoms with E-state index >= 15 is 0 Å². The van der Waals surface area contributed by atoms with Gasteiger partial charge in [0.2, 0.25) is 10.0 Å². The Morgan fingerprint density at radius 2 is 1.78 bits per heavy atom. The van der Waals surface area contributed by atoms with Crippen molar-refractivity contribution in [2.75, 3.05) is 12.0 Å². The minimum Gasteiger partial charge on any atom is -0.324 e. The van der Waals surface area contributed by atoms with Gasteiger partial charge >= 0.3 is 0 Å². The van der Waals surface area contributed by atoms with Gasteiger partial charge in [-0.15, -0.1) is 0 Å². The van der Waals surface area contributed by atoms with E-state index in [1.165, 1.54) is 0 Å². The third kappa shape index (κ3) is 3.44. The van der Waals surface area contributed by atoms with Gasteiger partial charge in [-0.3, -0.25) is 5.84 Å². The van der Waals surface area contributed by atoms with Crippen LogP contribution in [0.2, 0.25) is 0 Å². The predicted molar refractivity (Wildman–Crippen MR) is 73.8 cm³/mol. The maximum atomic E-state index is 12.2. The summed E-state index contributed by atoms with van der Waals surface area (Å²) in [5, 5.41) is 0. The molecule has 4 N–H and O–H groups in total. The summed E-state index contributed by atoms with van der Waals surface area (Å²) < 4.78 is 27.0. The maximum absolute atomic E-state index is 12.2. The van der Waals surface area contributed by atoms with Crippen LogP contribution in [0, 0.1) is 13.8 Å². The van der Waals surface area contributed by atoms with E-state index in [1.54, 1.807) is 26.0 Å². The fraction of sp³-hybridized carbons (Fsp3) is 0.500. The summed E-state index contributed by atoms with van der Waals surface area (Å²) in [7, 11) is -3.44. The fourth-order valence-corrected chi connectivity index (χ4v) is 3.44. The van der Waals surface area contributed by atoms with Crippen molar-refractivity contribution in [1.29, 1.82) is 0 Å². The minimum absolute atomic E-state index is 0.345. The van der Waals surface area contributed by atoms with Gasteiger partial charge in [0.1, 0.15) is 0 Å². The number of benzene rings is 1. The lowest BCUT2D eigenvalue weighted by molar-refractivity contribution is 0.577. The molecule has 0 atom stereocenters. The summed E-state index contributed by atoms with van der Waals surface area (Å²) in [4.78, 5) is 0.345. The molecular weight excluding hydrogens is 250 g/mol. The molecule has 5 nitrogen and oxygen atoms in total. The average molecular weight is 271 g/mol. The van der Waals surface area contributed by atoms with Gasteiger partial charge in [-0.2, -0.15) is 0 Å². The van der Waals surface area contributed by atoms with E-state index in [2.05, 4.69) is 10.1 Å². The zero-order chi connectivity index (χ0) is 13.8. The number of sulfonamides is 1. The van der Waals surface area contributed by atoms with Gasteiger partial charge in [-0.05, 0) is 43.5 Å². The van der Waals surface area contributed by atoms with E-state index in [9.17, 15) is 8.42 Å². The van der Waals surface area contributed by atoms with Gasteiger partial charge in [0.15, 0.2) is 0 Å². The summed E-state index contributed by atoms with van der Waals surface area (Å²) in [6, 6.07) is 3.45. The number of nitrogens with two attached hydrogens (primary N) is 1. The topological polar surface area (TPSA) is 84.2 Å². The number of rotatable bonds is 6. The van der Waals surface area contributed by atoms with Crippen molar-refractivity contribution >= 4 is 15.7 Å². The molecule has 0 aromatic heterocycles. The summed E-state index contributed by atoms with van der Waals surface area (Å²) in [6.45, 7) is 6.02. The van der Waals surface area contributed by atoms with Crippen LogP contribution in [0.3, 0.4) is 0 Å². The van der Waals surface area contributed by atoms with Crippen molar-refractivity contribution in [1.82, 2.24) is 4.72 Å². The van der Waals surface area contributed by atoms with Crippen molar-refractivity contribution in [3.8, 4) is 0 Å². The van der Waals surface area contributed by atoms with E-state index in [4.69, 9.17) is 5.84 Å². The molecule has 0 radical (unpaired) electrons. The summed E-state index contributed by atoms with van der Waals surface area (Å²) >= 11 is 0. The number of anilines is 1. The smallest absolute Gasteiger partial charge is 0.241 e. The van der Waals surface area contributed by atoms with Crippen molar-refractivity contribution in [2.45, 2.75) is 38.5 Å². The molecule has 0 aliphatic rings. The third-order valence-corrected chi connectivity index (χ3v) is 4.48. The second kappa shape index (κ2) is 6.17. The van der Waals surface area contributed by atoms with Crippen LogP contribution in [0.4, 0.5) is 5.69 Å². The number of hydrogen-bond donors (Lipinski definition) is 3. The van der Waals surface area contributed by atoms with Gasteiger partial charge in [-0.1, -0.05) is 13.3 Å². The van der Waals surface area contributed by atoms with Crippen LogP contribution in [0.5, 0.6) is 0 Å². The van der Waals surface area contributed by atoms with Crippen LogP contribution in [0.15, 0.2) is 17.0 Å². The van der Waals surface area contributed by atoms with Gasteiger partial charge in [0.05, 0.1) is 4.90 Å². The molecule has 0 heterocycles. The van der Waals surface area contributed by atoms with Crippen LogP contribution >= 0.6 is 0 Å². The minimum atomic E-state index is -3.44. The molecule has 1 aromatic rings. The molecule has 0 amide bonds. The molecule has 1 rings (SSSR count). The molecule has 1 aromatic carbocycles. The Balaban J connectivity index is 3.09. The molecule has 6 heteroatoms. The molecule has 0 aliphatic heterocycles. The Kier molecular flexibility index (Phi) is 5.13. The number of nitrogens with one attached hydrogen (secondary N) is 2. The van der Waals surface area contributed by atoms with E-state index in [1.807, 2.05) is 6.92 Å². The second-order valence-corrected chi connectivity index (χ2v) is 6.04. The van der Waals surface area contributed by atoms with Crippen LogP contribution in [-0.4, -0.2) is 15.0 Å². The molecule has 0 fully saturated rings. The molecule has 0 saturated carbocycles. The highest BCUT2D eigenvalue weighted by molar-refractivity contribution is 7.89. The normalized spacial score (nSPS) is 11.6. The highest BCUT2D eigenvalue weighted by Gasteiger charge is 2.19. The third-order valence-electron chi connectivity index (χ3n) is 2.72. The molecule has 0 unspecified atom stereocenters. The lowest BCUT2D eigenvalue weighted by atomic mass is 10.1. The first kappa shape index (κ1) is 14.9. The number of unbranched alkanes of at least 4 members (excludes halogenated alkanes) is 1. The van der Waals surface area contributed by atoms with Gasteiger partial charge in [0.25, 0.3) is 0 Å². The predicted octanol–water partition coefficient (Wildman–Crippen LogP) is 1.67. The lowest BCUT2D eigenvalue weighted by Crippen LogP contribution is -2.26. The fourth-order valence-electron chi connectivity index (χ4n) is 1.91. The molecule has 0 spiro atoms. The van der Waals surface area contributed by atoms with Gasteiger partial charge < -0.3 is 5.43 Å². The Morgan fingerprint density at radius 3 is 2.22 bits per heavy atom. The molecule has 18 heavy (non-hydrogen) atoms. The first-order valence-corrected chi connectivity index (χ1v) is 7.48. The monoisotopic (exact) mass is 271 g/mol. The molecule has 0 saturated heterocycles. The summed E-state index contributed by atoms with van der Waals surface area (Å²) in [6.07, 6.45) is 1.79. The number of hydrazine groups is 1. The van der Waals surface area contributed by atoms with Crippen molar-refractivity contribution < 1.29 is 8.42 Å². The zero-order valence-corrected chi connectivity index (χ0v) is 11.9. The number of aryl methyl sites for hydroxylation is 2. The SMILES string of the molecule is CCCCNS(=O)(=O)c1c(C)cc(NN)cc1C. The Bertz CT molecular complexity index is 489. The molecule has 0 bridgehead atoms. The Morgan fingerprint density at radius 1 is 1.22 bits per heavy atom. The van der Waals surface area contributed by atoms with Crippen LogP contribution in [0.1, 0.15) is 30.9 Å². The number of nitrogen functional groups attached to an aromatic ring is 1. The molecular formula is C12H21N3O2S. The van der Waals surface area contributed by atoms with Gasteiger partial charge in [0, 0.05) is 12.2 Å². The lowest BCUT2D eigenvalue weighted by Gasteiger charge is -2.13. The van der Waals surface area contributed by atoms with E-state index < -0.39 is 10.0 Å². The summed E-state index contributed by atoms with van der Waals surface area (Å²) in [5.74, 6) is 5.33. The van der Waals surface area contributed by atoms with Gasteiger partial charge in [-0.25, -0.2) is 13.1 Å². The van der Waals surface area contributed by atoms with E-state index in [0.29, 0.717) is 28.3 Å². The highest BCUT2D eigenvalue weighted by atomic mass is 32.2. The Hall–Kier alpha value is -1.11.